The number of nitrogens with one attached hydrogen (secondary N) is 1. The van der Waals surface area contributed by atoms with Gasteiger partial charge in [-0.05, 0) is 18.1 Å². The summed E-state index contributed by atoms with van der Waals surface area (Å²) < 4.78 is 5.49. The van der Waals surface area contributed by atoms with Crippen LogP contribution in [0.1, 0.15) is 23.7 Å². The average molecular weight is 324 g/mol. The Labute approximate surface area is 138 Å². The normalized spacial score (nSPS) is 10.7. The molecule has 0 atom stereocenters. The molecule has 1 N–H and O–H groups in total. The van der Waals surface area contributed by atoms with E-state index in [9.17, 15) is 14.9 Å². The lowest BCUT2D eigenvalue weighted by Crippen LogP contribution is -2.24. The van der Waals surface area contributed by atoms with Gasteiger partial charge in [0.15, 0.2) is 5.58 Å². The number of fused-ring (bicyclic) bond motifs is 1. The molecule has 1 amide bonds. The number of nitro groups is 1. The van der Waals surface area contributed by atoms with E-state index in [1.807, 2.05) is 13.0 Å². The first-order valence-corrected chi connectivity index (χ1v) is 7.67. The molecule has 2 aromatic carbocycles. The molecule has 6 heteroatoms. The summed E-state index contributed by atoms with van der Waals surface area (Å²) in [4.78, 5) is 23.2. The first-order chi connectivity index (χ1) is 11.6. The van der Waals surface area contributed by atoms with Gasteiger partial charge in [0.1, 0.15) is 10.5 Å². The Morgan fingerprint density at radius 2 is 1.92 bits per heavy atom. The summed E-state index contributed by atoms with van der Waals surface area (Å²) >= 11 is 0. The third-order valence-electron chi connectivity index (χ3n) is 3.71. The molecule has 0 saturated carbocycles. The third-order valence-corrected chi connectivity index (χ3v) is 3.71. The van der Waals surface area contributed by atoms with Crippen molar-refractivity contribution in [2.45, 2.75) is 13.3 Å². The van der Waals surface area contributed by atoms with Gasteiger partial charge in [0.05, 0.1) is 5.56 Å². The summed E-state index contributed by atoms with van der Waals surface area (Å²) in [5, 5.41) is 14.8. The largest absolute Gasteiger partial charge is 0.442 e. The zero-order chi connectivity index (χ0) is 17.1. The topological polar surface area (TPSA) is 85.4 Å². The highest BCUT2D eigenvalue weighted by molar-refractivity contribution is 6.10. The van der Waals surface area contributed by atoms with Crippen LogP contribution in [0, 0.1) is 10.1 Å². The van der Waals surface area contributed by atoms with E-state index in [1.54, 1.807) is 42.5 Å². The molecule has 0 spiro atoms. The van der Waals surface area contributed by atoms with Gasteiger partial charge >= 0.3 is 5.88 Å². The van der Waals surface area contributed by atoms with Crippen molar-refractivity contribution in [3.8, 4) is 11.1 Å². The molecule has 122 valence electrons. The van der Waals surface area contributed by atoms with Crippen molar-refractivity contribution in [2.75, 3.05) is 6.54 Å². The number of hydrogen-bond donors (Lipinski definition) is 1. The van der Waals surface area contributed by atoms with Crippen molar-refractivity contribution in [3.63, 3.8) is 0 Å². The van der Waals surface area contributed by atoms with E-state index in [-0.39, 0.29) is 17.4 Å². The van der Waals surface area contributed by atoms with Gasteiger partial charge in [0, 0.05) is 11.9 Å². The van der Waals surface area contributed by atoms with Gasteiger partial charge in [0.2, 0.25) is 0 Å². The van der Waals surface area contributed by atoms with E-state index in [0.717, 1.165) is 6.42 Å². The Bertz CT molecular complexity index is 900. The molecule has 0 radical (unpaired) electrons. The standard InChI is InChI=1S/C18H16N2O4/c1-2-11-19-17(21)14-10-6-9-13-15(12-7-4-3-5-8-12)18(20(22)23)24-16(13)14/h3-10H,2,11H2,1H3,(H,19,21). The molecular formula is C18H16N2O4. The number of carbonyl (C=O) groups excluding carboxylic acids is 1. The van der Waals surface area contributed by atoms with Crippen molar-refractivity contribution in [2.24, 2.45) is 0 Å². The minimum absolute atomic E-state index is 0.233. The van der Waals surface area contributed by atoms with E-state index >= 15 is 0 Å². The highest BCUT2D eigenvalue weighted by atomic mass is 16.6. The van der Waals surface area contributed by atoms with Crippen molar-refractivity contribution < 1.29 is 14.1 Å². The fourth-order valence-corrected chi connectivity index (χ4v) is 2.63. The predicted octanol–water partition coefficient (Wildman–Crippen LogP) is 4.15. The van der Waals surface area contributed by atoms with Gasteiger partial charge in [0.25, 0.3) is 5.91 Å². The second-order valence-corrected chi connectivity index (χ2v) is 5.34. The van der Waals surface area contributed by atoms with Crippen LogP contribution in [0.4, 0.5) is 5.88 Å². The number of para-hydroxylation sites is 1. The maximum absolute atomic E-state index is 12.3. The lowest BCUT2D eigenvalue weighted by Gasteiger charge is -2.03. The Hall–Kier alpha value is -3.15. The number of benzene rings is 2. The molecular weight excluding hydrogens is 308 g/mol. The smallest absolute Gasteiger partial charge is 0.399 e. The highest BCUT2D eigenvalue weighted by Crippen LogP contribution is 2.40. The van der Waals surface area contributed by atoms with Gasteiger partial charge in [-0.25, -0.2) is 0 Å². The third kappa shape index (κ3) is 2.74. The van der Waals surface area contributed by atoms with Crippen LogP contribution in [-0.4, -0.2) is 17.4 Å². The molecule has 0 fully saturated rings. The van der Waals surface area contributed by atoms with E-state index < -0.39 is 4.92 Å². The Balaban J connectivity index is 2.23. The lowest BCUT2D eigenvalue weighted by molar-refractivity contribution is -0.400. The van der Waals surface area contributed by atoms with Gasteiger partial charge in [-0.15, -0.1) is 0 Å². The molecule has 0 aliphatic carbocycles. The van der Waals surface area contributed by atoms with Crippen LogP contribution >= 0.6 is 0 Å². The van der Waals surface area contributed by atoms with E-state index in [2.05, 4.69) is 5.32 Å². The quantitative estimate of drug-likeness (QED) is 0.564. The maximum atomic E-state index is 12.3. The average Bonchev–Trinajstić information content (AvgIpc) is 3.00. The number of hydrogen-bond acceptors (Lipinski definition) is 4. The zero-order valence-electron chi connectivity index (χ0n) is 13.1. The molecule has 0 unspecified atom stereocenters. The summed E-state index contributed by atoms with van der Waals surface area (Å²) in [6.07, 6.45) is 0.801. The lowest BCUT2D eigenvalue weighted by atomic mass is 10.0. The molecule has 0 bridgehead atoms. The summed E-state index contributed by atoms with van der Waals surface area (Å²) in [6, 6.07) is 14.0. The van der Waals surface area contributed by atoms with Crippen molar-refractivity contribution >= 4 is 22.8 Å². The molecule has 0 saturated heterocycles. The molecule has 3 rings (SSSR count). The number of nitrogens with zero attached hydrogens (tertiary/aromatic N) is 1. The summed E-state index contributed by atoms with van der Waals surface area (Å²) in [6.45, 7) is 2.48. The molecule has 3 aromatic rings. The van der Waals surface area contributed by atoms with Crippen molar-refractivity contribution in [1.29, 1.82) is 0 Å². The van der Waals surface area contributed by atoms with Crippen LogP contribution in [0.15, 0.2) is 52.9 Å². The molecule has 6 nitrogen and oxygen atoms in total. The SMILES string of the molecule is CCCNC(=O)c1cccc2c(-c3ccccc3)c([N+](=O)[O-])oc12. The van der Waals surface area contributed by atoms with E-state index in [4.69, 9.17) is 4.42 Å². The Morgan fingerprint density at radius 3 is 2.58 bits per heavy atom. The van der Waals surface area contributed by atoms with Crippen LogP contribution in [0.5, 0.6) is 0 Å². The zero-order valence-corrected chi connectivity index (χ0v) is 13.1. The number of furan rings is 1. The number of amides is 1. The van der Waals surface area contributed by atoms with Crippen molar-refractivity contribution in [1.82, 2.24) is 5.32 Å². The summed E-state index contributed by atoms with van der Waals surface area (Å²) in [5.41, 5.74) is 1.60. The number of rotatable bonds is 5. The Morgan fingerprint density at radius 1 is 1.17 bits per heavy atom. The molecule has 0 aliphatic rings. The monoisotopic (exact) mass is 324 g/mol. The highest BCUT2D eigenvalue weighted by Gasteiger charge is 2.27. The first-order valence-electron chi connectivity index (χ1n) is 7.67. The molecule has 24 heavy (non-hydrogen) atoms. The van der Waals surface area contributed by atoms with Crippen LogP contribution in [0.2, 0.25) is 0 Å². The summed E-state index contributed by atoms with van der Waals surface area (Å²) in [5.74, 6) is -0.655. The maximum Gasteiger partial charge on any atom is 0.442 e. The van der Waals surface area contributed by atoms with Crippen LogP contribution in [0.3, 0.4) is 0 Å². The fourth-order valence-electron chi connectivity index (χ4n) is 2.63. The van der Waals surface area contributed by atoms with E-state index in [0.29, 0.717) is 28.6 Å². The summed E-state index contributed by atoms with van der Waals surface area (Å²) in [7, 11) is 0. The van der Waals surface area contributed by atoms with Crippen molar-refractivity contribution in [3.05, 3.63) is 64.2 Å². The fraction of sp³-hybridized carbons (Fsp3) is 0.167. The molecule has 1 aromatic heterocycles. The Kier molecular flexibility index (Phi) is 4.29. The molecule has 1 heterocycles. The number of carbonyl (C=O) groups is 1. The van der Waals surface area contributed by atoms with Gasteiger partial charge in [-0.3, -0.25) is 14.9 Å². The first kappa shape index (κ1) is 15.7. The second-order valence-electron chi connectivity index (χ2n) is 5.34. The van der Waals surface area contributed by atoms with Gasteiger partial charge < -0.3 is 9.73 Å². The predicted molar refractivity (Wildman–Crippen MR) is 90.9 cm³/mol. The minimum Gasteiger partial charge on any atom is -0.399 e. The van der Waals surface area contributed by atoms with E-state index in [1.165, 1.54) is 0 Å². The van der Waals surface area contributed by atoms with Crippen LogP contribution in [-0.2, 0) is 0 Å². The minimum atomic E-state index is -0.559. The van der Waals surface area contributed by atoms with Gasteiger partial charge in [-0.2, -0.15) is 0 Å². The second kappa shape index (κ2) is 6.54. The van der Waals surface area contributed by atoms with Crippen LogP contribution < -0.4 is 5.32 Å². The molecule has 0 aliphatic heterocycles. The van der Waals surface area contributed by atoms with Gasteiger partial charge in [-0.1, -0.05) is 49.4 Å². The van der Waals surface area contributed by atoms with Crippen LogP contribution in [0.25, 0.3) is 22.1 Å².